The average Bonchev–Trinajstić information content (AvgIpc) is 1.60. The van der Waals surface area contributed by atoms with E-state index < -0.39 is 31.3 Å². The third-order valence-corrected chi connectivity index (χ3v) is 23.3. The summed E-state index contributed by atoms with van der Waals surface area (Å²) in [5.74, 6) is -1.83. The second-order valence-electron chi connectivity index (χ2n) is 27.2. The first-order chi connectivity index (χ1) is 58.8. The average molecular weight is 1920 g/mol. The molecule has 658 valence electrons. The van der Waals surface area contributed by atoms with Crippen LogP contribution >= 0.6 is 129 Å². The van der Waals surface area contributed by atoms with Crippen LogP contribution in [0.4, 0.5) is 54.3 Å². The van der Waals surface area contributed by atoms with Gasteiger partial charge in [-0.15, -0.1) is 12.6 Å². The molecule has 8 N–H and O–H groups in total. The Balaban J connectivity index is 0.000000262. The molecule has 42 heteroatoms. The number of nitrogens with zero attached hydrogens (tertiary/aromatic N) is 9. The molecule has 0 bridgehead atoms. The zero-order valence-electron chi connectivity index (χ0n) is 68.7. The minimum Gasteiger partial charge on any atom is -0.398 e. The highest BCUT2D eigenvalue weighted by Gasteiger charge is 2.26. The van der Waals surface area contributed by atoms with Crippen molar-refractivity contribution in [1.82, 2.24) is 24.5 Å². The van der Waals surface area contributed by atoms with Gasteiger partial charge in [0.15, 0.2) is 0 Å². The largest absolute Gasteiger partial charge is 0.398 e. The Hall–Kier alpha value is -9.76. The van der Waals surface area contributed by atoms with Crippen molar-refractivity contribution in [3.63, 3.8) is 0 Å². The number of nitro groups is 4. The Morgan fingerprint density at radius 3 is 1.02 bits per heavy atom. The number of amides is 4. The number of thiol groups is 1. The molecular formula is C83H85B2Cl6F2N13O14S5. The number of nitro benzene ring substituents is 4. The number of halogens is 8. The summed E-state index contributed by atoms with van der Waals surface area (Å²) in [5.41, 5.74) is 26.2. The van der Waals surface area contributed by atoms with Crippen LogP contribution in [0.3, 0.4) is 0 Å². The molecule has 2 aliphatic heterocycles. The van der Waals surface area contributed by atoms with E-state index in [1.807, 2.05) is 44.4 Å². The molecule has 2 atom stereocenters. The minimum absolute atomic E-state index is 0.0121. The quantitative estimate of drug-likeness (QED) is 0.0175. The van der Waals surface area contributed by atoms with Gasteiger partial charge < -0.3 is 56.9 Å². The lowest BCUT2D eigenvalue weighted by Crippen LogP contribution is -2.22. The van der Waals surface area contributed by atoms with Gasteiger partial charge in [0.25, 0.3) is 46.4 Å². The standard InChI is InChI=1S/C15H12ClFN2O3S.C15H16ClFN2S.2C15H14ClN3O3S.C9H11NOS.C6H4Cl2N2O2.2C4H7BO/c1-18(2)15(20)9-5-3-4-6-13(9)23-14-8-11(17)10(16)7-12(14)19(21)22;1-19(2)9-10-5-3-4-6-14(10)20-15-8-12(17)11(16)7-13(15)18;2*1-18(2)15(20)9-5-3-4-6-13(9)23-14-8-11(17)10(16)7-12(14)19(21)22;1-10(2)9(11)7-5-3-4-6-8(7)12;7-3-2-6(10(11)12)4(8)1-5(3)9;2*5-4-2-1-3-6-4/h3-8H,1-2H3;3-8H,9,18H2,1-2H3;2*3-8H,17H2,1-2H3;3-6,12H,1-2H3;1-2H,9H2;2*4H,1-3H2. The Labute approximate surface area is 776 Å². The van der Waals surface area contributed by atoms with E-state index in [2.05, 4.69) is 23.6 Å². The van der Waals surface area contributed by atoms with Crippen LogP contribution in [0.15, 0.2) is 226 Å². The third-order valence-electron chi connectivity index (χ3n) is 16.4. The number of ether oxygens (including phenoxy) is 2. The zero-order valence-corrected chi connectivity index (χ0v) is 77.4. The first-order valence-corrected chi connectivity index (χ1v) is 42.7. The highest BCUT2D eigenvalue weighted by Crippen LogP contribution is 2.44. The number of anilines is 4. The topological polar surface area (TPSA) is 380 Å². The number of nitrogens with two attached hydrogens (primary N) is 4. The lowest BCUT2D eigenvalue weighted by molar-refractivity contribution is -0.387. The van der Waals surface area contributed by atoms with Gasteiger partial charge in [0.1, 0.15) is 32.3 Å². The van der Waals surface area contributed by atoms with Crippen molar-refractivity contribution in [2.24, 2.45) is 0 Å². The number of hydrogen-bond acceptors (Lipinski definition) is 24. The summed E-state index contributed by atoms with van der Waals surface area (Å²) in [4.78, 5) is 102. The van der Waals surface area contributed by atoms with Gasteiger partial charge in [-0.25, -0.2) is 8.78 Å². The summed E-state index contributed by atoms with van der Waals surface area (Å²) in [7, 11) is 27.9. The molecule has 2 saturated heterocycles. The van der Waals surface area contributed by atoms with Crippen molar-refractivity contribution >= 4 is 214 Å². The van der Waals surface area contributed by atoms with Crippen molar-refractivity contribution in [2.75, 3.05) is 107 Å². The van der Waals surface area contributed by atoms with Crippen molar-refractivity contribution < 1.29 is 57.1 Å². The SMILES string of the molecule is CN(C)C(=O)c1ccccc1S.CN(C)C(=O)c1ccccc1Sc1cc(F)c(Cl)cc1[N+](=O)[O-].CN(C)C(=O)c1ccccc1Sc1cc(N)c(Cl)cc1[N+](=O)[O-].CN(C)C(=O)c1ccccc1Sc1cc(N)c(Cl)cc1[N+](=O)[O-].CN(C)Cc1ccccc1Sc1cc(F)c(Cl)cc1N.Nc1cc(Cl)c([N+](=O)[O-])cc1Cl.[B]C1CCCO1.[B]C1CCCO1. The summed E-state index contributed by atoms with van der Waals surface area (Å²) >= 11 is 42.9. The number of rotatable bonds is 18. The van der Waals surface area contributed by atoms with Crippen LogP contribution in [0, 0.1) is 52.1 Å². The zero-order chi connectivity index (χ0) is 93.4. The first kappa shape index (κ1) is 106. The molecule has 0 aromatic heterocycles. The molecule has 27 nitrogen and oxygen atoms in total. The molecule has 0 spiro atoms. The van der Waals surface area contributed by atoms with Crippen molar-refractivity contribution in [1.29, 1.82) is 0 Å². The number of benzene rings is 10. The summed E-state index contributed by atoms with van der Waals surface area (Å²) in [6.07, 6.45) is 4.36. The van der Waals surface area contributed by atoms with Crippen LogP contribution in [0.2, 0.25) is 30.1 Å². The highest BCUT2D eigenvalue weighted by atomic mass is 35.5. The molecule has 125 heavy (non-hydrogen) atoms. The van der Waals surface area contributed by atoms with E-state index in [1.54, 1.807) is 141 Å². The molecule has 4 amide bonds. The smallest absolute Gasteiger partial charge is 0.289 e. The van der Waals surface area contributed by atoms with Crippen LogP contribution in [0.1, 0.15) is 72.7 Å². The second-order valence-corrected chi connectivity index (χ2v) is 34.5. The number of carbonyl (C=O) groups excluding carboxylic acids is 4. The van der Waals surface area contributed by atoms with Crippen molar-refractivity contribution in [3.05, 3.63) is 292 Å². The molecule has 2 heterocycles. The van der Waals surface area contributed by atoms with Gasteiger partial charge in [0, 0.05) is 147 Å². The van der Waals surface area contributed by atoms with Crippen LogP contribution < -0.4 is 22.9 Å². The normalized spacial score (nSPS) is 12.7. The van der Waals surface area contributed by atoms with Gasteiger partial charge in [-0.2, -0.15) is 0 Å². The van der Waals surface area contributed by atoms with Gasteiger partial charge in [-0.1, -0.05) is 183 Å². The molecule has 0 saturated carbocycles. The van der Waals surface area contributed by atoms with Gasteiger partial charge in [-0.3, -0.25) is 59.6 Å². The summed E-state index contributed by atoms with van der Waals surface area (Å²) in [5, 5.41) is 44.0. The Morgan fingerprint density at radius 2 is 0.680 bits per heavy atom. The summed E-state index contributed by atoms with van der Waals surface area (Å²) in [6.45, 7) is 2.54. The fourth-order valence-corrected chi connectivity index (χ4v) is 15.7. The van der Waals surface area contributed by atoms with E-state index in [4.69, 9.17) is 118 Å². The van der Waals surface area contributed by atoms with E-state index in [9.17, 15) is 68.4 Å². The van der Waals surface area contributed by atoms with Gasteiger partial charge in [0.05, 0.1) is 98.8 Å². The molecule has 2 aliphatic rings. The molecular weight excluding hydrogens is 1840 g/mol. The van der Waals surface area contributed by atoms with E-state index in [-0.39, 0.29) is 110 Å². The number of carbonyl (C=O) groups is 4. The van der Waals surface area contributed by atoms with Crippen LogP contribution in [0.25, 0.3) is 0 Å². The third kappa shape index (κ3) is 33.5. The maximum absolute atomic E-state index is 13.7. The van der Waals surface area contributed by atoms with Gasteiger partial charge in [0.2, 0.25) is 0 Å². The fourth-order valence-electron chi connectivity index (χ4n) is 10.2. The summed E-state index contributed by atoms with van der Waals surface area (Å²) in [6, 6.07) is 48.4. The van der Waals surface area contributed by atoms with Crippen LogP contribution in [0.5, 0.6) is 0 Å². The molecule has 2 fully saturated rings. The molecule has 4 radical (unpaired) electrons. The maximum Gasteiger partial charge on any atom is 0.289 e. The Morgan fingerprint density at radius 1 is 0.392 bits per heavy atom. The fraction of sp³-hybridized carbons (Fsp3) is 0.229. The van der Waals surface area contributed by atoms with Gasteiger partial charge in [-0.05, 0) is 136 Å². The predicted molar refractivity (Wildman–Crippen MR) is 501 cm³/mol. The lowest BCUT2D eigenvalue weighted by atomic mass is 9.98. The minimum atomic E-state index is -0.754. The van der Waals surface area contributed by atoms with E-state index in [0.29, 0.717) is 57.3 Å². The number of nitrogen functional groups attached to an aromatic ring is 4. The molecule has 0 aliphatic carbocycles. The monoisotopic (exact) mass is 1920 g/mol. The van der Waals surface area contributed by atoms with Crippen LogP contribution in [-0.2, 0) is 16.0 Å². The second kappa shape index (κ2) is 51.8. The van der Waals surface area contributed by atoms with E-state index in [1.165, 1.54) is 79.4 Å². The molecule has 10 aromatic carbocycles. The molecule has 10 aromatic rings. The lowest BCUT2D eigenvalue weighted by Gasteiger charge is -2.14. The van der Waals surface area contributed by atoms with Gasteiger partial charge >= 0.3 is 0 Å². The molecule has 2 unspecified atom stereocenters. The van der Waals surface area contributed by atoms with Crippen molar-refractivity contribution in [2.45, 2.75) is 88.3 Å². The number of hydrogen-bond donors (Lipinski definition) is 5. The van der Waals surface area contributed by atoms with E-state index >= 15 is 0 Å². The maximum atomic E-state index is 13.7. The highest BCUT2D eigenvalue weighted by molar-refractivity contribution is 8.00. The Bertz CT molecular complexity index is 5160. The predicted octanol–water partition coefficient (Wildman–Crippen LogP) is 20.6. The van der Waals surface area contributed by atoms with Crippen molar-refractivity contribution in [3.8, 4) is 0 Å². The summed E-state index contributed by atoms with van der Waals surface area (Å²) < 4.78 is 37.1. The molecule has 12 rings (SSSR count). The van der Waals surface area contributed by atoms with E-state index in [0.717, 1.165) is 109 Å². The van der Waals surface area contributed by atoms with Crippen LogP contribution in [-0.4, -0.2) is 179 Å². The first-order valence-electron chi connectivity index (χ1n) is 36.7. The Kier molecular flexibility index (Phi) is 43.8.